The highest BCUT2D eigenvalue weighted by Gasteiger charge is 2.27. The highest BCUT2D eigenvalue weighted by Crippen LogP contribution is 2.50. The molecule has 2 fully saturated rings. The van der Waals surface area contributed by atoms with Crippen LogP contribution in [-0.2, 0) is 6.54 Å². The fourth-order valence-electron chi connectivity index (χ4n) is 3.34. The van der Waals surface area contributed by atoms with Crippen molar-refractivity contribution in [3.8, 4) is 23.0 Å². The lowest BCUT2D eigenvalue weighted by Gasteiger charge is -2.25. The topological polar surface area (TPSA) is 90.8 Å². The van der Waals surface area contributed by atoms with Gasteiger partial charge in [-0.05, 0) is 49.8 Å². The number of ether oxygens (including phenoxy) is 2. The molecule has 0 unspecified atom stereocenters. The van der Waals surface area contributed by atoms with Crippen molar-refractivity contribution in [2.75, 3.05) is 31.8 Å². The molecule has 0 radical (unpaired) electrons. The van der Waals surface area contributed by atoms with Crippen molar-refractivity contribution in [1.82, 2.24) is 9.88 Å². The van der Waals surface area contributed by atoms with Crippen LogP contribution in [0.3, 0.4) is 0 Å². The summed E-state index contributed by atoms with van der Waals surface area (Å²) in [5, 5.41) is 0. The molecule has 3 heterocycles. The van der Waals surface area contributed by atoms with Crippen LogP contribution in [0.15, 0.2) is 22.6 Å². The molecular formula is C20H24F2N3O4P. The van der Waals surface area contributed by atoms with E-state index in [1.54, 1.807) is 17.0 Å². The lowest BCUT2D eigenvalue weighted by atomic mass is 10.1. The summed E-state index contributed by atoms with van der Waals surface area (Å²) < 4.78 is 41.5. The first-order chi connectivity index (χ1) is 14.5. The quantitative estimate of drug-likeness (QED) is 0.629. The number of nitrogens with two attached hydrogens (primary N) is 1. The number of rotatable bonds is 8. The van der Waals surface area contributed by atoms with E-state index in [1.165, 1.54) is 6.07 Å². The molecule has 10 heteroatoms. The Labute approximate surface area is 174 Å². The van der Waals surface area contributed by atoms with E-state index in [9.17, 15) is 13.6 Å². The maximum absolute atomic E-state index is 12.9. The highest BCUT2D eigenvalue weighted by molar-refractivity contribution is 7.65. The van der Waals surface area contributed by atoms with Gasteiger partial charge in [-0.3, -0.25) is 4.79 Å². The minimum atomic E-state index is -2.95. The average molecular weight is 439 g/mol. The van der Waals surface area contributed by atoms with E-state index in [0.29, 0.717) is 30.8 Å². The number of carbonyl (C=O) groups is 1. The van der Waals surface area contributed by atoms with Crippen LogP contribution in [0.1, 0.15) is 35.5 Å². The molecule has 0 spiro atoms. The second kappa shape index (κ2) is 9.27. The molecule has 7 nitrogen and oxygen atoms in total. The van der Waals surface area contributed by atoms with Gasteiger partial charge in [0.25, 0.3) is 5.91 Å². The summed E-state index contributed by atoms with van der Waals surface area (Å²) in [6.45, 7) is -1.55. The molecule has 0 saturated carbocycles. The monoisotopic (exact) mass is 439 g/mol. The molecule has 2 aromatic rings. The zero-order valence-electron chi connectivity index (χ0n) is 16.5. The van der Waals surface area contributed by atoms with Crippen LogP contribution in [0, 0.1) is 0 Å². The first kappa shape index (κ1) is 21.0. The number of carbonyl (C=O) groups excluding carboxylic acids is 1. The third kappa shape index (κ3) is 4.90. The summed E-state index contributed by atoms with van der Waals surface area (Å²) in [5.74, 6) is 0.467. The predicted octanol–water partition coefficient (Wildman–Crippen LogP) is 3.86. The van der Waals surface area contributed by atoms with Gasteiger partial charge in [0.2, 0.25) is 5.89 Å². The minimum absolute atomic E-state index is 0.0299. The lowest BCUT2D eigenvalue weighted by molar-refractivity contribution is -0.0512. The smallest absolute Gasteiger partial charge is 0.387 e. The van der Waals surface area contributed by atoms with Gasteiger partial charge in [0.1, 0.15) is 6.35 Å². The highest BCUT2D eigenvalue weighted by atomic mass is 31.1. The molecule has 0 atom stereocenters. The minimum Gasteiger partial charge on any atom is -0.485 e. The van der Waals surface area contributed by atoms with Gasteiger partial charge in [-0.2, -0.15) is 8.78 Å². The number of nitrogens with zero attached hydrogens (tertiary/aromatic N) is 2. The molecule has 162 valence electrons. The Morgan fingerprint density at radius 2 is 2.00 bits per heavy atom. The van der Waals surface area contributed by atoms with Gasteiger partial charge in [0.15, 0.2) is 23.0 Å². The molecule has 2 aliphatic rings. The summed E-state index contributed by atoms with van der Waals surface area (Å²) in [6.07, 6.45) is 5.78. The van der Waals surface area contributed by atoms with E-state index < -0.39 is 6.61 Å². The van der Waals surface area contributed by atoms with Crippen LogP contribution < -0.4 is 15.2 Å². The first-order valence-electron chi connectivity index (χ1n) is 9.98. The van der Waals surface area contributed by atoms with Crippen LogP contribution in [0.4, 0.5) is 8.78 Å². The van der Waals surface area contributed by atoms with Crippen LogP contribution >= 0.6 is 7.92 Å². The van der Waals surface area contributed by atoms with Crippen molar-refractivity contribution in [3.63, 3.8) is 0 Å². The number of oxazole rings is 1. The van der Waals surface area contributed by atoms with Gasteiger partial charge in [0, 0.05) is 18.7 Å². The van der Waals surface area contributed by atoms with Crippen LogP contribution in [-0.4, -0.2) is 54.2 Å². The Balaban J connectivity index is 1.61. The predicted molar refractivity (Wildman–Crippen MR) is 108 cm³/mol. The maximum Gasteiger partial charge on any atom is 0.387 e. The second-order valence-corrected chi connectivity index (χ2v) is 9.77. The van der Waals surface area contributed by atoms with Gasteiger partial charge in [-0.1, -0.05) is 7.92 Å². The Kier molecular flexibility index (Phi) is 6.49. The largest absolute Gasteiger partial charge is 0.485 e. The Bertz CT molecular complexity index is 898. The first-order valence-corrected chi connectivity index (χ1v) is 11.9. The van der Waals surface area contributed by atoms with Crippen LogP contribution in [0.25, 0.3) is 11.5 Å². The van der Waals surface area contributed by atoms with Crippen molar-refractivity contribution in [3.05, 3.63) is 29.7 Å². The molecule has 1 aromatic carbocycles. The van der Waals surface area contributed by atoms with Crippen LogP contribution in [0.2, 0.25) is 0 Å². The Morgan fingerprint density at radius 3 is 2.67 bits per heavy atom. The molecule has 2 N–H and O–H groups in total. The van der Waals surface area contributed by atoms with Gasteiger partial charge in [-0.15, -0.1) is 0 Å². The zero-order chi connectivity index (χ0) is 21.1. The number of aromatic nitrogens is 1. The lowest BCUT2D eigenvalue weighted by Crippen LogP contribution is -2.36. The number of amides is 1. The molecule has 0 bridgehead atoms. The average Bonchev–Trinajstić information content (AvgIpc) is 3.49. The SMILES string of the molecule is NCc1oc(-c2ccc(OC(F)F)c(OCP3CC3)c2)nc1C(=O)N1CCCCC1. The molecule has 2 aliphatic heterocycles. The number of hydrogen-bond donors (Lipinski definition) is 1. The van der Waals surface area contributed by atoms with Crippen molar-refractivity contribution in [2.24, 2.45) is 5.73 Å². The van der Waals surface area contributed by atoms with E-state index in [0.717, 1.165) is 31.6 Å². The van der Waals surface area contributed by atoms with E-state index in [-0.39, 0.29) is 43.5 Å². The molecule has 2 saturated heterocycles. The fraction of sp³-hybridized carbons (Fsp3) is 0.500. The normalized spacial score (nSPS) is 16.7. The van der Waals surface area contributed by atoms with Crippen LogP contribution in [0.5, 0.6) is 11.5 Å². The Hall–Kier alpha value is -2.25. The summed E-state index contributed by atoms with van der Waals surface area (Å²) in [5.41, 5.74) is 6.48. The maximum atomic E-state index is 12.9. The molecule has 30 heavy (non-hydrogen) atoms. The van der Waals surface area contributed by atoms with E-state index >= 15 is 0 Å². The molecule has 1 aromatic heterocycles. The van der Waals surface area contributed by atoms with Gasteiger partial charge in [-0.25, -0.2) is 4.98 Å². The number of hydrogen-bond acceptors (Lipinski definition) is 6. The second-order valence-electron chi connectivity index (χ2n) is 7.28. The van der Waals surface area contributed by atoms with E-state index in [2.05, 4.69) is 9.72 Å². The van der Waals surface area contributed by atoms with Crippen molar-refractivity contribution in [1.29, 1.82) is 0 Å². The summed E-state index contributed by atoms with van der Waals surface area (Å²) >= 11 is 0. The molecular weight excluding hydrogens is 415 g/mol. The molecule has 4 rings (SSSR count). The van der Waals surface area contributed by atoms with Crippen molar-refractivity contribution >= 4 is 13.8 Å². The van der Waals surface area contributed by atoms with Gasteiger partial charge in [0.05, 0.1) is 6.54 Å². The number of likely N-dealkylation sites (tertiary alicyclic amines) is 1. The number of piperidine rings is 1. The van der Waals surface area contributed by atoms with Crippen molar-refractivity contribution < 1.29 is 27.5 Å². The number of alkyl halides is 2. The van der Waals surface area contributed by atoms with E-state index in [1.807, 2.05) is 0 Å². The third-order valence-corrected chi connectivity index (χ3v) is 6.65. The number of halogens is 2. The zero-order valence-corrected chi connectivity index (χ0v) is 17.4. The third-order valence-electron chi connectivity index (χ3n) is 5.08. The summed E-state index contributed by atoms with van der Waals surface area (Å²) in [7, 11) is -0.162. The fourth-order valence-corrected chi connectivity index (χ4v) is 4.48. The number of benzene rings is 1. The van der Waals surface area contributed by atoms with Gasteiger partial charge >= 0.3 is 6.61 Å². The molecule has 1 amide bonds. The summed E-state index contributed by atoms with van der Waals surface area (Å²) in [4.78, 5) is 19.0. The van der Waals surface area contributed by atoms with Gasteiger partial charge < -0.3 is 24.5 Å². The Morgan fingerprint density at radius 1 is 1.23 bits per heavy atom. The standard InChI is InChI=1S/C20H24F2N3O4P/c21-20(22)29-14-5-4-13(10-15(14)27-12-30-8-9-30)18-24-17(16(11-23)28-18)19(26)25-6-2-1-3-7-25/h4-5,10,20H,1-3,6-9,11-12,23H2. The summed E-state index contributed by atoms with van der Waals surface area (Å²) in [6, 6.07) is 4.50. The van der Waals surface area contributed by atoms with E-state index in [4.69, 9.17) is 14.9 Å². The molecule has 0 aliphatic carbocycles. The van der Waals surface area contributed by atoms with Crippen molar-refractivity contribution in [2.45, 2.75) is 32.4 Å².